The van der Waals surface area contributed by atoms with Crippen molar-refractivity contribution in [1.82, 2.24) is 5.32 Å². The molecule has 1 heteroatoms. The summed E-state index contributed by atoms with van der Waals surface area (Å²) in [5, 5.41) is 3.39. The molecule has 1 rings (SSSR count). The van der Waals surface area contributed by atoms with E-state index in [-0.39, 0.29) is 1.43 Å². The second kappa shape index (κ2) is 4.41. The average molecular weight is 153 g/mol. The highest BCUT2D eigenvalue weighted by Crippen LogP contribution is 2.21. The number of piperidine rings is 1. The van der Waals surface area contributed by atoms with Crippen LogP contribution in [0.2, 0.25) is 0 Å². The molecule has 0 amide bonds. The van der Waals surface area contributed by atoms with E-state index in [1.165, 1.54) is 19.5 Å². The Kier molecular flexibility index (Phi) is 3.45. The summed E-state index contributed by atoms with van der Waals surface area (Å²) in [5.74, 6) is 7.78. The molecule has 0 aromatic heterocycles. The molecule has 64 valence electrons. The van der Waals surface area contributed by atoms with Crippen molar-refractivity contribution in [2.45, 2.75) is 26.7 Å². The minimum atomic E-state index is 0. The molecule has 1 fully saturated rings. The van der Waals surface area contributed by atoms with Gasteiger partial charge < -0.3 is 5.32 Å². The van der Waals surface area contributed by atoms with Crippen LogP contribution < -0.4 is 5.32 Å². The molecule has 1 nitrogen and oxygen atoms in total. The Hall–Kier alpha value is -0.480. The van der Waals surface area contributed by atoms with E-state index in [2.05, 4.69) is 24.1 Å². The summed E-state index contributed by atoms with van der Waals surface area (Å²) in [6, 6.07) is 0. The highest BCUT2D eigenvalue weighted by Gasteiger charge is 2.19. The lowest BCUT2D eigenvalue weighted by atomic mass is 9.86. The summed E-state index contributed by atoms with van der Waals surface area (Å²) in [6.07, 6.45) is 2.40. The third-order valence-electron chi connectivity index (χ3n) is 2.50. The molecule has 1 N–H and O–H groups in total. The Balaban J connectivity index is 0.00000121. The average Bonchev–Trinajstić information content (AvgIpc) is 2.03. The van der Waals surface area contributed by atoms with Crippen LogP contribution in [0.1, 0.15) is 28.1 Å². The Morgan fingerprint density at radius 1 is 1.64 bits per heavy atom. The van der Waals surface area contributed by atoms with Crippen LogP contribution in [0.4, 0.5) is 0 Å². The van der Waals surface area contributed by atoms with Crippen molar-refractivity contribution in [3.05, 3.63) is 0 Å². The first-order valence-electron chi connectivity index (χ1n) is 4.45. The molecule has 0 aliphatic carbocycles. The molecule has 1 aliphatic rings. The lowest BCUT2D eigenvalue weighted by molar-refractivity contribution is 0.278. The molecule has 0 bridgehead atoms. The summed E-state index contributed by atoms with van der Waals surface area (Å²) >= 11 is 0. The number of nitrogens with one attached hydrogen (secondary N) is 1. The SMILES string of the molecule is CC#CCC1CCNCC1C.[HH]. The van der Waals surface area contributed by atoms with E-state index in [1.807, 2.05) is 6.92 Å². The third kappa shape index (κ3) is 2.55. The minimum absolute atomic E-state index is 0. The third-order valence-corrected chi connectivity index (χ3v) is 2.50. The van der Waals surface area contributed by atoms with Gasteiger partial charge in [0.1, 0.15) is 0 Å². The van der Waals surface area contributed by atoms with E-state index < -0.39 is 0 Å². The first-order valence-corrected chi connectivity index (χ1v) is 4.45. The number of hydrogen-bond donors (Lipinski definition) is 1. The summed E-state index contributed by atoms with van der Waals surface area (Å²) in [7, 11) is 0. The standard InChI is InChI=1S/C10H17N.H2/c1-3-4-5-10-6-7-11-8-9(10)2;/h9-11H,5-8H2,1-2H3;1H. The van der Waals surface area contributed by atoms with Crippen LogP contribution in [0.25, 0.3) is 0 Å². The lowest BCUT2D eigenvalue weighted by Crippen LogP contribution is -2.34. The van der Waals surface area contributed by atoms with Crippen LogP contribution in [-0.2, 0) is 0 Å². The first kappa shape index (κ1) is 8.62. The molecule has 1 saturated heterocycles. The maximum absolute atomic E-state index is 3.39. The predicted molar refractivity (Wildman–Crippen MR) is 50.3 cm³/mol. The molecule has 0 aromatic carbocycles. The van der Waals surface area contributed by atoms with Gasteiger partial charge in [-0.1, -0.05) is 6.92 Å². The quantitative estimate of drug-likeness (QED) is 0.567. The molecule has 0 spiro atoms. The molecule has 1 heterocycles. The summed E-state index contributed by atoms with van der Waals surface area (Å²) in [6.45, 7) is 6.59. The van der Waals surface area contributed by atoms with E-state index >= 15 is 0 Å². The molecule has 0 aromatic rings. The summed E-state index contributed by atoms with van der Waals surface area (Å²) in [4.78, 5) is 0. The maximum atomic E-state index is 3.39. The minimum Gasteiger partial charge on any atom is -0.316 e. The zero-order chi connectivity index (χ0) is 8.10. The Labute approximate surface area is 71.1 Å². The first-order chi connectivity index (χ1) is 5.34. The summed E-state index contributed by atoms with van der Waals surface area (Å²) < 4.78 is 0. The molecule has 1 aliphatic heterocycles. The highest BCUT2D eigenvalue weighted by atomic mass is 14.9. The van der Waals surface area contributed by atoms with Crippen molar-refractivity contribution in [1.29, 1.82) is 0 Å². The van der Waals surface area contributed by atoms with E-state index in [9.17, 15) is 0 Å². The van der Waals surface area contributed by atoms with Gasteiger partial charge in [0.25, 0.3) is 0 Å². The fourth-order valence-electron chi connectivity index (χ4n) is 1.60. The van der Waals surface area contributed by atoms with Crippen molar-refractivity contribution in [2.75, 3.05) is 13.1 Å². The van der Waals surface area contributed by atoms with Gasteiger partial charge in [0.15, 0.2) is 0 Å². The van der Waals surface area contributed by atoms with Crippen molar-refractivity contribution in [3.8, 4) is 11.8 Å². The van der Waals surface area contributed by atoms with Crippen molar-refractivity contribution in [2.24, 2.45) is 11.8 Å². The summed E-state index contributed by atoms with van der Waals surface area (Å²) in [5.41, 5.74) is 0. The molecular weight excluding hydrogens is 134 g/mol. The second-order valence-electron chi connectivity index (χ2n) is 3.36. The molecular formula is C10H19N. The van der Waals surface area contributed by atoms with Crippen LogP contribution in [0.15, 0.2) is 0 Å². The zero-order valence-electron chi connectivity index (χ0n) is 7.48. The van der Waals surface area contributed by atoms with Crippen LogP contribution in [0.5, 0.6) is 0 Å². The zero-order valence-corrected chi connectivity index (χ0v) is 7.48. The Morgan fingerprint density at radius 3 is 3.09 bits per heavy atom. The lowest BCUT2D eigenvalue weighted by Gasteiger charge is -2.27. The van der Waals surface area contributed by atoms with Gasteiger partial charge >= 0.3 is 0 Å². The van der Waals surface area contributed by atoms with E-state index in [4.69, 9.17) is 0 Å². The van der Waals surface area contributed by atoms with E-state index in [1.54, 1.807) is 0 Å². The largest absolute Gasteiger partial charge is 0.316 e. The van der Waals surface area contributed by atoms with Crippen LogP contribution in [0.3, 0.4) is 0 Å². The van der Waals surface area contributed by atoms with Gasteiger partial charge in [-0.25, -0.2) is 0 Å². The molecule has 0 radical (unpaired) electrons. The van der Waals surface area contributed by atoms with Gasteiger partial charge in [0.2, 0.25) is 0 Å². The monoisotopic (exact) mass is 153 g/mol. The molecule has 11 heavy (non-hydrogen) atoms. The highest BCUT2D eigenvalue weighted by molar-refractivity contribution is 4.97. The van der Waals surface area contributed by atoms with E-state index in [0.29, 0.717) is 0 Å². The van der Waals surface area contributed by atoms with Gasteiger partial charge in [-0.05, 0) is 38.3 Å². The Bertz CT molecular complexity index is 168. The van der Waals surface area contributed by atoms with Crippen molar-refractivity contribution < 1.29 is 1.43 Å². The van der Waals surface area contributed by atoms with Gasteiger partial charge in [-0.3, -0.25) is 0 Å². The van der Waals surface area contributed by atoms with Gasteiger partial charge in [0.05, 0.1) is 0 Å². The van der Waals surface area contributed by atoms with Crippen LogP contribution >= 0.6 is 0 Å². The predicted octanol–water partition coefficient (Wildman–Crippen LogP) is 1.89. The van der Waals surface area contributed by atoms with Gasteiger partial charge in [-0.2, -0.15) is 0 Å². The number of rotatable bonds is 1. The van der Waals surface area contributed by atoms with Crippen molar-refractivity contribution in [3.63, 3.8) is 0 Å². The maximum Gasteiger partial charge on any atom is 0.0120 e. The van der Waals surface area contributed by atoms with E-state index in [0.717, 1.165) is 18.3 Å². The molecule has 0 saturated carbocycles. The number of hydrogen-bond acceptors (Lipinski definition) is 1. The fourth-order valence-corrected chi connectivity index (χ4v) is 1.60. The van der Waals surface area contributed by atoms with Crippen LogP contribution in [0, 0.1) is 23.7 Å². The second-order valence-corrected chi connectivity index (χ2v) is 3.36. The van der Waals surface area contributed by atoms with Gasteiger partial charge in [-0.15, -0.1) is 11.8 Å². The fraction of sp³-hybridized carbons (Fsp3) is 0.800. The smallest absolute Gasteiger partial charge is 0.0120 e. The normalized spacial score (nSPS) is 30.7. The topological polar surface area (TPSA) is 12.0 Å². The van der Waals surface area contributed by atoms with Crippen molar-refractivity contribution >= 4 is 0 Å². The van der Waals surface area contributed by atoms with Gasteiger partial charge in [0, 0.05) is 7.85 Å². The molecule has 2 unspecified atom stereocenters. The molecule has 2 atom stereocenters. The van der Waals surface area contributed by atoms with Crippen LogP contribution in [-0.4, -0.2) is 13.1 Å². The Morgan fingerprint density at radius 2 is 2.45 bits per heavy atom.